The molecule has 4 aromatic rings. The Balaban J connectivity index is 1.23. The molecule has 0 atom stereocenters. The van der Waals surface area contributed by atoms with Crippen molar-refractivity contribution in [3.8, 4) is 17.0 Å². The lowest BCUT2D eigenvalue weighted by Crippen LogP contribution is -2.45. The van der Waals surface area contributed by atoms with Crippen LogP contribution in [0.15, 0.2) is 48.9 Å². The van der Waals surface area contributed by atoms with Crippen molar-refractivity contribution in [1.82, 2.24) is 25.0 Å². The number of hydrogen-bond donors (Lipinski definition) is 3. The zero-order valence-electron chi connectivity index (χ0n) is 25.3. The van der Waals surface area contributed by atoms with Gasteiger partial charge in [0.25, 0.3) is 5.91 Å². The second-order valence-electron chi connectivity index (χ2n) is 11.9. The molecule has 0 unspecified atom stereocenters. The Labute approximate surface area is 254 Å². The number of amides is 2. The summed E-state index contributed by atoms with van der Waals surface area (Å²) >= 11 is 0. The van der Waals surface area contributed by atoms with Crippen molar-refractivity contribution in [3.63, 3.8) is 0 Å². The van der Waals surface area contributed by atoms with Crippen molar-refractivity contribution < 1.29 is 27.8 Å². The molecule has 10 nitrogen and oxygen atoms in total. The fourth-order valence-corrected chi connectivity index (χ4v) is 5.35. The number of carbonyl (C=O) groups is 2. The lowest BCUT2D eigenvalue weighted by molar-refractivity contribution is 0.0488. The molecule has 2 heterocycles. The molecule has 2 aromatic heterocycles. The second kappa shape index (κ2) is 12.5. The Bertz CT molecular complexity index is 1690. The predicted molar refractivity (Wildman–Crippen MR) is 162 cm³/mol. The van der Waals surface area contributed by atoms with E-state index in [-0.39, 0.29) is 29.3 Å². The number of nitrogens with one attached hydrogen (secondary N) is 3. The van der Waals surface area contributed by atoms with Crippen LogP contribution in [0, 0.1) is 18.6 Å². The zero-order valence-corrected chi connectivity index (χ0v) is 25.3. The molecule has 0 aliphatic heterocycles. The molecule has 0 saturated heterocycles. The number of nitrogens with zero attached hydrogens (tertiary/aromatic N) is 3. The Hall–Kier alpha value is -4.74. The van der Waals surface area contributed by atoms with Gasteiger partial charge in [0, 0.05) is 41.3 Å². The van der Waals surface area contributed by atoms with Gasteiger partial charge in [-0.25, -0.2) is 19.2 Å². The minimum Gasteiger partial charge on any atom is -0.494 e. The lowest BCUT2D eigenvalue weighted by Gasteiger charge is -2.30. The first-order valence-electron chi connectivity index (χ1n) is 14.5. The highest BCUT2D eigenvalue weighted by molar-refractivity contribution is 5.96. The number of imidazole rings is 1. The van der Waals surface area contributed by atoms with Crippen molar-refractivity contribution in [2.45, 2.75) is 71.1 Å². The number of hydrogen-bond acceptors (Lipinski definition) is 7. The molecule has 1 fully saturated rings. The number of halogens is 2. The molecule has 44 heavy (non-hydrogen) atoms. The quantitative estimate of drug-likeness (QED) is 0.226. The number of anilines is 2. The average Bonchev–Trinajstić information content (AvgIpc) is 3.39. The minimum absolute atomic E-state index is 0.0110. The van der Waals surface area contributed by atoms with E-state index in [2.05, 4.69) is 25.9 Å². The fraction of sp³-hybridized carbons (Fsp3) is 0.375. The zero-order chi connectivity index (χ0) is 31.6. The van der Waals surface area contributed by atoms with Crippen LogP contribution in [0.2, 0.25) is 0 Å². The molecule has 2 amide bonds. The smallest absolute Gasteiger partial charge is 0.407 e. The highest BCUT2D eigenvalue weighted by atomic mass is 19.2. The summed E-state index contributed by atoms with van der Waals surface area (Å²) in [5.74, 6) is -2.05. The van der Waals surface area contributed by atoms with E-state index in [4.69, 9.17) is 9.47 Å². The molecule has 0 bridgehead atoms. The topological polar surface area (TPSA) is 119 Å². The van der Waals surface area contributed by atoms with Crippen LogP contribution in [0.1, 0.15) is 62.4 Å². The maximum atomic E-state index is 14.8. The van der Waals surface area contributed by atoms with Crippen LogP contribution in [0.4, 0.5) is 25.1 Å². The van der Waals surface area contributed by atoms with Gasteiger partial charge in [0.05, 0.1) is 19.0 Å². The fourth-order valence-electron chi connectivity index (χ4n) is 5.35. The van der Waals surface area contributed by atoms with E-state index in [1.807, 2.05) is 33.8 Å². The highest BCUT2D eigenvalue weighted by Crippen LogP contribution is 2.32. The average molecular weight is 607 g/mol. The van der Waals surface area contributed by atoms with Gasteiger partial charge in [-0.2, -0.15) is 4.39 Å². The number of fused-ring (bicyclic) bond motifs is 1. The molecule has 0 spiro atoms. The van der Waals surface area contributed by atoms with Crippen molar-refractivity contribution in [3.05, 3.63) is 71.7 Å². The molecule has 2 aromatic carbocycles. The summed E-state index contributed by atoms with van der Waals surface area (Å²) in [5, 5.41) is 9.26. The summed E-state index contributed by atoms with van der Waals surface area (Å²) in [5.41, 5.74) is 2.24. The van der Waals surface area contributed by atoms with Gasteiger partial charge in [0.1, 0.15) is 5.60 Å². The predicted octanol–water partition coefficient (Wildman–Crippen LogP) is 6.30. The number of rotatable bonds is 7. The molecule has 12 heteroatoms. The number of benzene rings is 2. The molecule has 232 valence electrons. The molecule has 3 N–H and O–H groups in total. The number of carbonyl (C=O) groups excluding carboxylic acids is 2. The van der Waals surface area contributed by atoms with Crippen LogP contribution in [0.3, 0.4) is 0 Å². The first-order valence-corrected chi connectivity index (χ1v) is 14.5. The van der Waals surface area contributed by atoms with E-state index in [0.717, 1.165) is 31.2 Å². The summed E-state index contributed by atoms with van der Waals surface area (Å²) in [6.45, 7) is 7.33. The number of ether oxygens (including phenoxy) is 2. The molecule has 0 radical (unpaired) electrons. The van der Waals surface area contributed by atoms with Crippen molar-refractivity contribution in [2.75, 3.05) is 12.4 Å². The minimum atomic E-state index is -1.07. The van der Waals surface area contributed by atoms with Crippen LogP contribution < -0.4 is 20.7 Å². The molecule has 1 saturated carbocycles. The third-order valence-corrected chi connectivity index (χ3v) is 7.49. The summed E-state index contributed by atoms with van der Waals surface area (Å²) in [4.78, 5) is 34.0. The van der Waals surface area contributed by atoms with E-state index < -0.39 is 23.3 Å². The Kier molecular flexibility index (Phi) is 8.70. The first-order chi connectivity index (χ1) is 20.9. The van der Waals surface area contributed by atoms with Crippen LogP contribution in [-0.2, 0) is 4.74 Å². The molecule has 1 aliphatic rings. The Morgan fingerprint density at radius 3 is 2.34 bits per heavy atom. The number of aromatic nitrogens is 3. The summed E-state index contributed by atoms with van der Waals surface area (Å²) in [6.07, 6.45) is 7.18. The van der Waals surface area contributed by atoms with E-state index in [0.29, 0.717) is 28.4 Å². The third kappa shape index (κ3) is 6.74. The Morgan fingerprint density at radius 2 is 1.68 bits per heavy atom. The highest BCUT2D eigenvalue weighted by Gasteiger charge is 2.26. The van der Waals surface area contributed by atoms with E-state index in [9.17, 15) is 18.4 Å². The van der Waals surface area contributed by atoms with E-state index >= 15 is 0 Å². The summed E-state index contributed by atoms with van der Waals surface area (Å²) < 4.78 is 41.0. The largest absolute Gasteiger partial charge is 0.494 e. The van der Waals surface area contributed by atoms with Crippen molar-refractivity contribution in [2.24, 2.45) is 0 Å². The van der Waals surface area contributed by atoms with Gasteiger partial charge in [0.2, 0.25) is 5.82 Å². The maximum absolute atomic E-state index is 14.8. The molecule has 5 rings (SSSR count). The van der Waals surface area contributed by atoms with Gasteiger partial charge in [-0.15, -0.1) is 0 Å². The lowest BCUT2D eigenvalue weighted by atomic mass is 9.91. The van der Waals surface area contributed by atoms with Gasteiger partial charge >= 0.3 is 6.09 Å². The van der Waals surface area contributed by atoms with Crippen LogP contribution in [0.5, 0.6) is 5.75 Å². The monoisotopic (exact) mass is 606 g/mol. The summed E-state index contributed by atoms with van der Waals surface area (Å²) in [6, 6.07) is 8.19. The van der Waals surface area contributed by atoms with Gasteiger partial charge in [0.15, 0.2) is 23.0 Å². The summed E-state index contributed by atoms with van der Waals surface area (Å²) in [7, 11) is 1.27. The normalized spacial score (nSPS) is 16.8. The second-order valence-corrected chi connectivity index (χ2v) is 11.9. The van der Waals surface area contributed by atoms with Gasteiger partial charge in [-0.1, -0.05) is 0 Å². The van der Waals surface area contributed by atoms with Crippen LogP contribution >= 0.6 is 0 Å². The van der Waals surface area contributed by atoms with Gasteiger partial charge in [-0.3, -0.25) is 9.20 Å². The van der Waals surface area contributed by atoms with E-state index in [1.165, 1.54) is 31.6 Å². The maximum Gasteiger partial charge on any atom is 0.407 e. The first kappa shape index (κ1) is 30.7. The number of aryl methyl sites for hydroxylation is 1. The van der Waals surface area contributed by atoms with Crippen molar-refractivity contribution >= 4 is 29.2 Å². The van der Waals surface area contributed by atoms with E-state index in [1.54, 1.807) is 22.7 Å². The number of methoxy groups -OCH3 is 1. The van der Waals surface area contributed by atoms with Crippen LogP contribution in [0.25, 0.3) is 16.9 Å². The molecular weight excluding hydrogens is 570 g/mol. The van der Waals surface area contributed by atoms with Crippen molar-refractivity contribution in [1.29, 1.82) is 0 Å². The SMILES string of the molecule is COc1ccc(-c2cnc3c(Nc4ccc(C(=O)NC5CCC(NC(=O)OC(C)(C)C)CC5)c(C)c4)nccn23)c(F)c1F. The molecular formula is C32H36F2N6O4. The molecule has 1 aliphatic carbocycles. The Morgan fingerprint density at radius 1 is 0.977 bits per heavy atom. The number of alkyl carbamates (subject to hydrolysis) is 1. The van der Waals surface area contributed by atoms with Gasteiger partial charge < -0.3 is 25.4 Å². The standard InChI is InChI=1S/C32H36F2N6O4/c1-18-16-21(10-11-22(18)30(41)38-19-6-8-20(9-7-19)39-31(42)44-32(2,3)4)37-28-29-36-17-24(40(29)15-14-35-28)23-12-13-25(43-5)27(34)26(23)33/h10-17,19-20H,6-9H2,1-5H3,(H,35,37)(H,38,41)(H,39,42). The third-order valence-electron chi connectivity index (χ3n) is 7.49. The van der Waals surface area contributed by atoms with Crippen LogP contribution in [-0.4, -0.2) is 51.2 Å². The van der Waals surface area contributed by atoms with Gasteiger partial charge in [-0.05, 0) is 89.3 Å².